The number of amides is 1. The lowest BCUT2D eigenvalue weighted by molar-refractivity contribution is -0.148. The number of para-hydroxylation sites is 1. The molecule has 3 aromatic rings. The molecule has 0 fully saturated rings. The number of carbonyl (C=O) groups is 2. The Hall–Kier alpha value is -3.31. The van der Waals surface area contributed by atoms with Gasteiger partial charge >= 0.3 is 5.97 Å². The van der Waals surface area contributed by atoms with E-state index in [4.69, 9.17) is 9.88 Å². The molecule has 1 aromatic heterocycles. The van der Waals surface area contributed by atoms with Crippen LogP contribution in [0.15, 0.2) is 53.4 Å². The minimum atomic E-state index is -3.81. The Labute approximate surface area is 154 Å². The van der Waals surface area contributed by atoms with Gasteiger partial charge in [-0.1, -0.05) is 17.3 Å². The first-order chi connectivity index (χ1) is 12.8. The maximum atomic E-state index is 11.9. The SMILES string of the molecule is NS(=O)(=O)c1ccc(NC(=O)COC(=O)Cn2nnc3ccccc32)cc1. The molecule has 1 heterocycles. The Morgan fingerprint density at radius 2 is 1.81 bits per heavy atom. The van der Waals surface area contributed by atoms with E-state index in [1.54, 1.807) is 24.3 Å². The first-order valence-corrected chi connectivity index (χ1v) is 9.24. The molecule has 11 heteroatoms. The zero-order chi connectivity index (χ0) is 19.4. The lowest BCUT2D eigenvalue weighted by Crippen LogP contribution is -2.23. The minimum absolute atomic E-state index is 0.0769. The number of anilines is 1. The number of nitrogens with two attached hydrogens (primary N) is 1. The molecule has 27 heavy (non-hydrogen) atoms. The van der Waals surface area contributed by atoms with Gasteiger partial charge in [-0.2, -0.15) is 0 Å². The Morgan fingerprint density at radius 1 is 1.11 bits per heavy atom. The zero-order valence-corrected chi connectivity index (χ0v) is 14.7. The van der Waals surface area contributed by atoms with Crippen molar-refractivity contribution in [3.63, 3.8) is 0 Å². The van der Waals surface area contributed by atoms with Crippen LogP contribution in [0.3, 0.4) is 0 Å². The summed E-state index contributed by atoms with van der Waals surface area (Å²) in [5.41, 5.74) is 1.66. The van der Waals surface area contributed by atoms with Crippen LogP contribution in [-0.4, -0.2) is 41.9 Å². The Bertz CT molecular complexity index is 1090. The average Bonchev–Trinajstić information content (AvgIpc) is 3.03. The normalized spacial score (nSPS) is 11.3. The van der Waals surface area contributed by atoms with E-state index in [0.29, 0.717) is 16.7 Å². The first-order valence-electron chi connectivity index (χ1n) is 7.69. The van der Waals surface area contributed by atoms with Gasteiger partial charge in [-0.05, 0) is 36.4 Å². The highest BCUT2D eigenvalue weighted by molar-refractivity contribution is 7.89. The molecule has 0 saturated heterocycles. The molecule has 0 saturated carbocycles. The van der Waals surface area contributed by atoms with Crippen LogP contribution in [0.2, 0.25) is 0 Å². The molecule has 0 radical (unpaired) electrons. The second-order valence-corrected chi connectivity index (χ2v) is 7.08. The van der Waals surface area contributed by atoms with Crippen molar-refractivity contribution in [3.05, 3.63) is 48.5 Å². The molecule has 2 aromatic carbocycles. The van der Waals surface area contributed by atoms with E-state index in [1.165, 1.54) is 28.9 Å². The van der Waals surface area contributed by atoms with Crippen molar-refractivity contribution in [1.29, 1.82) is 0 Å². The number of benzene rings is 2. The van der Waals surface area contributed by atoms with Crippen LogP contribution in [0.5, 0.6) is 0 Å². The summed E-state index contributed by atoms with van der Waals surface area (Å²) < 4.78 is 28.7. The number of aromatic nitrogens is 3. The number of nitrogens with zero attached hydrogens (tertiary/aromatic N) is 3. The van der Waals surface area contributed by atoms with E-state index >= 15 is 0 Å². The molecule has 10 nitrogen and oxygen atoms in total. The highest BCUT2D eigenvalue weighted by Gasteiger charge is 2.12. The van der Waals surface area contributed by atoms with Gasteiger partial charge in [0.1, 0.15) is 12.1 Å². The van der Waals surface area contributed by atoms with Gasteiger partial charge in [0.05, 0.1) is 10.4 Å². The summed E-state index contributed by atoms with van der Waals surface area (Å²) in [7, 11) is -3.81. The minimum Gasteiger partial charge on any atom is -0.454 e. The summed E-state index contributed by atoms with van der Waals surface area (Å²) in [5.74, 6) is -1.22. The van der Waals surface area contributed by atoms with Crippen LogP contribution in [0.1, 0.15) is 0 Å². The van der Waals surface area contributed by atoms with E-state index in [1.807, 2.05) is 0 Å². The van der Waals surface area contributed by atoms with Crippen LogP contribution in [0.4, 0.5) is 5.69 Å². The van der Waals surface area contributed by atoms with Crippen LogP contribution in [-0.2, 0) is 30.9 Å². The van der Waals surface area contributed by atoms with Gasteiger partial charge < -0.3 is 10.1 Å². The monoisotopic (exact) mass is 389 g/mol. The summed E-state index contributed by atoms with van der Waals surface area (Å²) in [6, 6.07) is 12.4. The number of nitrogens with one attached hydrogen (secondary N) is 1. The molecule has 3 rings (SSSR count). The lowest BCUT2D eigenvalue weighted by Gasteiger charge is -2.07. The van der Waals surface area contributed by atoms with Crippen molar-refractivity contribution < 1.29 is 22.7 Å². The quantitative estimate of drug-likeness (QED) is 0.575. The number of primary sulfonamides is 1. The predicted octanol–water partition coefficient (Wildman–Crippen LogP) is 0.261. The van der Waals surface area contributed by atoms with Gasteiger partial charge in [-0.3, -0.25) is 9.59 Å². The standard InChI is InChI=1S/C16H15N5O5S/c17-27(24,25)12-7-5-11(6-8-12)18-15(22)10-26-16(23)9-21-14-4-2-1-3-13(14)19-20-21/h1-8H,9-10H2,(H,18,22)(H2,17,24,25). The first kappa shape index (κ1) is 18.5. The fourth-order valence-electron chi connectivity index (χ4n) is 2.27. The fraction of sp³-hybridized carbons (Fsp3) is 0.125. The van der Waals surface area contributed by atoms with Gasteiger partial charge in [0.15, 0.2) is 6.61 Å². The van der Waals surface area contributed by atoms with Crippen LogP contribution < -0.4 is 10.5 Å². The highest BCUT2D eigenvalue weighted by Crippen LogP contribution is 2.13. The summed E-state index contributed by atoms with van der Waals surface area (Å²) in [4.78, 5) is 23.7. The van der Waals surface area contributed by atoms with Gasteiger partial charge in [-0.25, -0.2) is 18.2 Å². The van der Waals surface area contributed by atoms with E-state index in [0.717, 1.165) is 0 Å². The van der Waals surface area contributed by atoms with Gasteiger partial charge in [0.2, 0.25) is 10.0 Å². The molecule has 0 bridgehead atoms. The number of rotatable bonds is 6. The molecule has 0 aliphatic heterocycles. The number of sulfonamides is 1. The molecule has 1 amide bonds. The van der Waals surface area contributed by atoms with E-state index < -0.39 is 28.5 Å². The smallest absolute Gasteiger partial charge is 0.328 e. The molecule has 0 unspecified atom stereocenters. The highest BCUT2D eigenvalue weighted by atomic mass is 32.2. The largest absolute Gasteiger partial charge is 0.454 e. The second kappa shape index (κ2) is 7.51. The van der Waals surface area contributed by atoms with Gasteiger partial charge in [-0.15, -0.1) is 5.10 Å². The summed E-state index contributed by atoms with van der Waals surface area (Å²) in [6.45, 7) is -0.681. The zero-order valence-electron chi connectivity index (χ0n) is 13.9. The number of carbonyl (C=O) groups excluding carboxylic acids is 2. The number of hydrogen-bond acceptors (Lipinski definition) is 7. The fourth-order valence-corrected chi connectivity index (χ4v) is 2.79. The van der Waals surface area contributed by atoms with Crippen molar-refractivity contribution >= 4 is 38.6 Å². The molecule has 0 aliphatic carbocycles. The Kier molecular flexibility index (Phi) is 5.14. The summed E-state index contributed by atoms with van der Waals surface area (Å²) >= 11 is 0. The predicted molar refractivity (Wildman–Crippen MR) is 94.9 cm³/mol. The molecule has 0 spiro atoms. The average molecular weight is 389 g/mol. The van der Waals surface area contributed by atoms with Crippen molar-refractivity contribution in [2.75, 3.05) is 11.9 Å². The van der Waals surface area contributed by atoms with Crippen LogP contribution >= 0.6 is 0 Å². The van der Waals surface area contributed by atoms with E-state index in [-0.39, 0.29) is 11.4 Å². The molecule has 0 atom stereocenters. The maximum Gasteiger partial charge on any atom is 0.328 e. The summed E-state index contributed by atoms with van der Waals surface area (Å²) in [6.07, 6.45) is 0. The molecule has 0 aliphatic rings. The Morgan fingerprint density at radius 3 is 2.52 bits per heavy atom. The third kappa shape index (κ3) is 4.65. The molecular formula is C16H15N5O5S. The second-order valence-electron chi connectivity index (χ2n) is 5.51. The number of fused-ring (bicyclic) bond motifs is 1. The number of hydrogen-bond donors (Lipinski definition) is 2. The lowest BCUT2D eigenvalue weighted by atomic mass is 10.3. The topological polar surface area (TPSA) is 146 Å². The summed E-state index contributed by atoms with van der Waals surface area (Å²) in [5, 5.41) is 15.3. The van der Waals surface area contributed by atoms with Crippen LogP contribution in [0.25, 0.3) is 11.0 Å². The Balaban J connectivity index is 1.52. The van der Waals surface area contributed by atoms with Crippen molar-refractivity contribution in [2.45, 2.75) is 11.4 Å². The van der Waals surface area contributed by atoms with Crippen LogP contribution in [0, 0.1) is 0 Å². The maximum absolute atomic E-state index is 11.9. The number of ether oxygens (including phenoxy) is 1. The van der Waals surface area contributed by atoms with Gasteiger partial charge in [0.25, 0.3) is 5.91 Å². The third-order valence-electron chi connectivity index (χ3n) is 3.53. The van der Waals surface area contributed by atoms with E-state index in [2.05, 4.69) is 15.6 Å². The van der Waals surface area contributed by atoms with Crippen molar-refractivity contribution in [3.8, 4) is 0 Å². The van der Waals surface area contributed by atoms with Crippen molar-refractivity contribution in [2.24, 2.45) is 5.14 Å². The number of esters is 1. The van der Waals surface area contributed by atoms with E-state index in [9.17, 15) is 18.0 Å². The molecule has 140 valence electrons. The molecule has 3 N–H and O–H groups in total. The third-order valence-corrected chi connectivity index (χ3v) is 4.46. The van der Waals surface area contributed by atoms with Crippen molar-refractivity contribution in [1.82, 2.24) is 15.0 Å². The molecular weight excluding hydrogens is 374 g/mol. The van der Waals surface area contributed by atoms with Gasteiger partial charge in [0, 0.05) is 5.69 Å².